The van der Waals surface area contributed by atoms with Crippen LogP contribution in [0.15, 0.2) is 24.5 Å². The summed E-state index contributed by atoms with van der Waals surface area (Å²) in [5.74, 6) is 0.522. The molecule has 0 bridgehead atoms. The molecule has 0 saturated heterocycles. The van der Waals surface area contributed by atoms with Crippen molar-refractivity contribution < 1.29 is 4.79 Å². The van der Waals surface area contributed by atoms with E-state index in [9.17, 15) is 4.79 Å². The van der Waals surface area contributed by atoms with Gasteiger partial charge in [0.1, 0.15) is 18.2 Å². The number of anilines is 2. The highest BCUT2D eigenvalue weighted by Crippen LogP contribution is 2.21. The minimum absolute atomic E-state index is 0.0998. The second-order valence-electron chi connectivity index (χ2n) is 3.98. The lowest BCUT2D eigenvalue weighted by molar-refractivity contribution is -0.121. The average molecular weight is 245 g/mol. The third kappa shape index (κ3) is 2.32. The summed E-state index contributed by atoms with van der Waals surface area (Å²) in [7, 11) is 1.60. The van der Waals surface area contributed by atoms with E-state index in [0.29, 0.717) is 11.5 Å². The van der Waals surface area contributed by atoms with Gasteiger partial charge in [0.2, 0.25) is 5.91 Å². The van der Waals surface area contributed by atoms with Crippen molar-refractivity contribution in [1.29, 1.82) is 0 Å². The van der Waals surface area contributed by atoms with Crippen molar-refractivity contribution >= 4 is 28.3 Å². The Morgan fingerprint density at radius 3 is 2.89 bits per heavy atom. The number of nitrogen functional groups attached to an aromatic ring is 1. The number of benzene rings is 1. The highest BCUT2D eigenvalue weighted by molar-refractivity contribution is 5.93. The van der Waals surface area contributed by atoms with Gasteiger partial charge in [0.05, 0.1) is 5.52 Å². The Kier molecular flexibility index (Phi) is 3.27. The Hall–Kier alpha value is -2.37. The first-order chi connectivity index (χ1) is 8.61. The topological polar surface area (TPSA) is 92.9 Å². The standard InChI is InChI=1S/C12H15N5O/c1-7(12(18)14-2)17-11-9-4-3-8(13)5-10(9)15-6-16-11/h3-7H,13H2,1-2H3,(H,14,18)(H,15,16,17). The van der Waals surface area contributed by atoms with Crippen LogP contribution >= 0.6 is 0 Å². The van der Waals surface area contributed by atoms with Crippen LogP contribution in [0, 0.1) is 0 Å². The summed E-state index contributed by atoms with van der Waals surface area (Å²) in [6.07, 6.45) is 1.45. The first-order valence-corrected chi connectivity index (χ1v) is 5.60. The molecule has 94 valence electrons. The van der Waals surface area contributed by atoms with Crippen molar-refractivity contribution in [2.24, 2.45) is 0 Å². The Balaban J connectivity index is 2.36. The minimum Gasteiger partial charge on any atom is -0.399 e. The molecule has 0 spiro atoms. The van der Waals surface area contributed by atoms with Crippen molar-refractivity contribution in [3.8, 4) is 0 Å². The minimum atomic E-state index is -0.370. The first-order valence-electron chi connectivity index (χ1n) is 5.60. The number of nitrogens with two attached hydrogens (primary N) is 1. The zero-order chi connectivity index (χ0) is 13.1. The number of rotatable bonds is 3. The zero-order valence-electron chi connectivity index (χ0n) is 10.3. The average Bonchev–Trinajstić information content (AvgIpc) is 2.37. The van der Waals surface area contributed by atoms with Crippen molar-refractivity contribution in [2.75, 3.05) is 18.1 Å². The van der Waals surface area contributed by atoms with Crippen molar-refractivity contribution in [2.45, 2.75) is 13.0 Å². The summed E-state index contributed by atoms with van der Waals surface area (Å²) >= 11 is 0. The predicted octanol–water partition coefficient (Wildman–Crippen LogP) is 0.758. The lowest BCUT2D eigenvalue weighted by Crippen LogP contribution is -2.35. The van der Waals surface area contributed by atoms with Gasteiger partial charge in [-0.2, -0.15) is 0 Å². The fourth-order valence-corrected chi connectivity index (χ4v) is 1.68. The van der Waals surface area contributed by atoms with Gasteiger partial charge < -0.3 is 16.4 Å². The molecule has 6 nitrogen and oxygen atoms in total. The monoisotopic (exact) mass is 245 g/mol. The van der Waals surface area contributed by atoms with Gasteiger partial charge in [-0.05, 0) is 25.1 Å². The van der Waals surface area contributed by atoms with Crippen LogP contribution in [0.4, 0.5) is 11.5 Å². The molecule has 1 unspecified atom stereocenters. The molecule has 0 fully saturated rings. The van der Waals surface area contributed by atoms with Gasteiger partial charge in [0.25, 0.3) is 0 Å². The van der Waals surface area contributed by atoms with E-state index in [1.54, 1.807) is 26.1 Å². The van der Waals surface area contributed by atoms with Crippen LogP contribution < -0.4 is 16.4 Å². The summed E-state index contributed by atoms with van der Waals surface area (Å²) in [5, 5.41) is 6.46. The molecule has 6 heteroatoms. The van der Waals surface area contributed by atoms with Crippen LogP contribution in [0.2, 0.25) is 0 Å². The van der Waals surface area contributed by atoms with E-state index in [0.717, 1.165) is 10.9 Å². The molecule has 0 saturated carbocycles. The van der Waals surface area contributed by atoms with Crippen molar-refractivity contribution in [3.05, 3.63) is 24.5 Å². The molecule has 4 N–H and O–H groups in total. The Morgan fingerprint density at radius 1 is 1.39 bits per heavy atom. The number of aromatic nitrogens is 2. The highest BCUT2D eigenvalue weighted by Gasteiger charge is 2.12. The van der Waals surface area contributed by atoms with Crippen LogP contribution in [0.3, 0.4) is 0 Å². The van der Waals surface area contributed by atoms with Crippen molar-refractivity contribution in [1.82, 2.24) is 15.3 Å². The molecule has 2 aromatic rings. The maximum atomic E-state index is 11.5. The number of hydrogen-bond donors (Lipinski definition) is 3. The van der Waals surface area contributed by atoms with Crippen LogP contribution in [0.25, 0.3) is 10.9 Å². The van der Waals surface area contributed by atoms with E-state index in [1.165, 1.54) is 6.33 Å². The van der Waals surface area contributed by atoms with E-state index < -0.39 is 0 Å². The number of likely N-dealkylation sites (N-methyl/N-ethyl adjacent to an activating group) is 1. The summed E-state index contributed by atoms with van der Waals surface area (Å²) in [5.41, 5.74) is 7.09. The summed E-state index contributed by atoms with van der Waals surface area (Å²) in [4.78, 5) is 19.8. The number of amides is 1. The summed E-state index contributed by atoms with van der Waals surface area (Å²) < 4.78 is 0. The fraction of sp³-hybridized carbons (Fsp3) is 0.250. The molecule has 0 aliphatic heterocycles. The number of fused-ring (bicyclic) bond motifs is 1. The normalized spacial score (nSPS) is 12.1. The molecule has 18 heavy (non-hydrogen) atoms. The van der Waals surface area contributed by atoms with Gasteiger partial charge in [-0.15, -0.1) is 0 Å². The van der Waals surface area contributed by atoms with Gasteiger partial charge in [-0.1, -0.05) is 0 Å². The fourth-order valence-electron chi connectivity index (χ4n) is 1.68. The van der Waals surface area contributed by atoms with Gasteiger partial charge >= 0.3 is 0 Å². The smallest absolute Gasteiger partial charge is 0.241 e. The number of nitrogens with zero attached hydrogens (tertiary/aromatic N) is 2. The Labute approximate surface area is 105 Å². The van der Waals surface area contributed by atoms with Crippen LogP contribution in [0.5, 0.6) is 0 Å². The Morgan fingerprint density at radius 2 is 2.17 bits per heavy atom. The maximum Gasteiger partial charge on any atom is 0.241 e. The molecule has 0 aliphatic carbocycles. The van der Waals surface area contributed by atoms with Crippen LogP contribution in [0.1, 0.15) is 6.92 Å². The molecule has 0 radical (unpaired) electrons. The second kappa shape index (κ2) is 4.87. The van der Waals surface area contributed by atoms with E-state index in [-0.39, 0.29) is 11.9 Å². The van der Waals surface area contributed by atoms with Gasteiger partial charge in [-0.25, -0.2) is 9.97 Å². The highest BCUT2D eigenvalue weighted by atomic mass is 16.2. The predicted molar refractivity (Wildman–Crippen MR) is 71.1 cm³/mol. The second-order valence-corrected chi connectivity index (χ2v) is 3.98. The molecule has 2 rings (SSSR count). The van der Waals surface area contributed by atoms with Crippen LogP contribution in [-0.2, 0) is 4.79 Å². The number of hydrogen-bond acceptors (Lipinski definition) is 5. The Bertz CT molecular complexity index is 584. The van der Waals surface area contributed by atoms with Gasteiger partial charge in [-0.3, -0.25) is 4.79 Å². The van der Waals surface area contributed by atoms with E-state index in [1.807, 2.05) is 6.07 Å². The van der Waals surface area contributed by atoms with E-state index in [4.69, 9.17) is 5.73 Å². The lowest BCUT2D eigenvalue weighted by atomic mass is 10.2. The third-order valence-corrected chi connectivity index (χ3v) is 2.65. The summed E-state index contributed by atoms with van der Waals surface area (Å²) in [6.45, 7) is 1.77. The third-order valence-electron chi connectivity index (χ3n) is 2.65. The molecule has 1 aromatic carbocycles. The number of nitrogens with one attached hydrogen (secondary N) is 2. The van der Waals surface area contributed by atoms with Gasteiger partial charge in [0, 0.05) is 18.1 Å². The molecule has 1 atom stereocenters. The molecule has 1 heterocycles. The largest absolute Gasteiger partial charge is 0.399 e. The molecule has 0 aliphatic rings. The number of carbonyl (C=O) groups excluding carboxylic acids is 1. The van der Waals surface area contributed by atoms with E-state index in [2.05, 4.69) is 20.6 Å². The SMILES string of the molecule is CNC(=O)C(C)Nc1ncnc2cc(N)ccc12. The number of carbonyl (C=O) groups is 1. The van der Waals surface area contributed by atoms with Gasteiger partial charge in [0.15, 0.2) is 0 Å². The lowest BCUT2D eigenvalue weighted by Gasteiger charge is -2.14. The molecular weight excluding hydrogens is 230 g/mol. The summed E-state index contributed by atoms with van der Waals surface area (Å²) in [6, 6.07) is 5.02. The molecule has 1 aromatic heterocycles. The quantitative estimate of drug-likeness (QED) is 0.694. The first kappa shape index (κ1) is 12.1. The molecular formula is C12H15N5O. The molecule has 1 amide bonds. The van der Waals surface area contributed by atoms with E-state index >= 15 is 0 Å². The maximum absolute atomic E-state index is 11.5. The zero-order valence-corrected chi connectivity index (χ0v) is 10.3. The van der Waals surface area contributed by atoms with Crippen LogP contribution in [-0.4, -0.2) is 29.0 Å². The van der Waals surface area contributed by atoms with Crippen molar-refractivity contribution in [3.63, 3.8) is 0 Å².